The molecule has 96 valence electrons. The van der Waals surface area contributed by atoms with Gasteiger partial charge in [-0.3, -0.25) is 4.57 Å². The Kier molecular flexibility index (Phi) is 2.41. The van der Waals surface area contributed by atoms with Gasteiger partial charge in [0.2, 0.25) is 5.95 Å². The molecule has 7 heteroatoms. The van der Waals surface area contributed by atoms with Gasteiger partial charge in [0.25, 0.3) is 0 Å². The summed E-state index contributed by atoms with van der Waals surface area (Å²) in [5, 5.41) is 0. The van der Waals surface area contributed by atoms with Crippen molar-refractivity contribution in [2.75, 3.05) is 5.73 Å². The van der Waals surface area contributed by atoms with Crippen molar-refractivity contribution in [3.63, 3.8) is 0 Å². The number of halogens is 3. The second kappa shape index (κ2) is 3.98. The summed E-state index contributed by atoms with van der Waals surface area (Å²) in [5.74, 6) is -4.22. The number of nitrogens with two attached hydrogens (primary N) is 1. The van der Waals surface area contributed by atoms with Crippen molar-refractivity contribution in [2.45, 2.75) is 0 Å². The predicted octanol–water partition coefficient (Wildman–Crippen LogP) is 2.42. The SMILES string of the molecule is Nc1nc2cccnc2n1-c1ccc(F)c(F)c1F. The zero-order valence-electron chi connectivity index (χ0n) is 9.44. The first-order valence-corrected chi connectivity index (χ1v) is 5.32. The highest BCUT2D eigenvalue weighted by Gasteiger charge is 2.19. The Hall–Kier alpha value is -2.57. The van der Waals surface area contributed by atoms with Crippen LogP contribution in [0.4, 0.5) is 19.1 Å². The van der Waals surface area contributed by atoms with Crippen LogP contribution < -0.4 is 5.73 Å². The van der Waals surface area contributed by atoms with Crippen LogP contribution in [0, 0.1) is 17.5 Å². The van der Waals surface area contributed by atoms with Crippen molar-refractivity contribution < 1.29 is 13.2 Å². The number of nitrogens with zero attached hydrogens (tertiary/aromatic N) is 3. The van der Waals surface area contributed by atoms with Crippen LogP contribution in [0.1, 0.15) is 0 Å². The lowest BCUT2D eigenvalue weighted by Crippen LogP contribution is -2.06. The second-order valence-electron chi connectivity index (χ2n) is 3.85. The number of imidazole rings is 1. The number of pyridine rings is 1. The fourth-order valence-electron chi connectivity index (χ4n) is 1.86. The number of benzene rings is 1. The molecule has 3 aromatic rings. The van der Waals surface area contributed by atoms with Crippen molar-refractivity contribution in [1.29, 1.82) is 0 Å². The molecular formula is C12H7F3N4. The van der Waals surface area contributed by atoms with Crippen molar-refractivity contribution in [2.24, 2.45) is 0 Å². The summed E-state index contributed by atoms with van der Waals surface area (Å²) in [6.07, 6.45) is 1.47. The normalized spacial score (nSPS) is 11.1. The molecule has 0 amide bonds. The van der Waals surface area contributed by atoms with Crippen molar-refractivity contribution in [3.8, 4) is 5.69 Å². The van der Waals surface area contributed by atoms with E-state index < -0.39 is 17.5 Å². The van der Waals surface area contributed by atoms with E-state index in [-0.39, 0.29) is 17.3 Å². The van der Waals surface area contributed by atoms with Gasteiger partial charge in [-0.2, -0.15) is 0 Å². The molecule has 3 rings (SSSR count). The minimum absolute atomic E-state index is 0.0568. The van der Waals surface area contributed by atoms with Crippen LogP contribution in [0.3, 0.4) is 0 Å². The zero-order chi connectivity index (χ0) is 13.6. The number of nitrogen functional groups attached to an aromatic ring is 1. The van der Waals surface area contributed by atoms with Gasteiger partial charge in [-0.25, -0.2) is 23.1 Å². The number of aromatic nitrogens is 3. The summed E-state index contributed by atoms with van der Waals surface area (Å²) in [6, 6.07) is 5.18. The van der Waals surface area contributed by atoms with E-state index in [1.54, 1.807) is 12.1 Å². The Labute approximate surface area is 105 Å². The number of hydrogen-bond donors (Lipinski definition) is 1. The van der Waals surface area contributed by atoms with Crippen LogP contribution in [0.15, 0.2) is 30.5 Å². The Morgan fingerprint density at radius 2 is 1.84 bits per heavy atom. The third-order valence-corrected chi connectivity index (χ3v) is 2.70. The van der Waals surface area contributed by atoms with Crippen LogP contribution in [0.25, 0.3) is 16.9 Å². The van der Waals surface area contributed by atoms with E-state index in [2.05, 4.69) is 9.97 Å². The maximum absolute atomic E-state index is 13.8. The highest BCUT2D eigenvalue weighted by atomic mass is 19.2. The van der Waals surface area contributed by atoms with E-state index in [4.69, 9.17) is 5.73 Å². The van der Waals surface area contributed by atoms with Crippen LogP contribution in [0.5, 0.6) is 0 Å². The highest BCUT2D eigenvalue weighted by molar-refractivity contribution is 5.76. The highest BCUT2D eigenvalue weighted by Crippen LogP contribution is 2.25. The van der Waals surface area contributed by atoms with Gasteiger partial charge in [0, 0.05) is 6.20 Å². The Bertz CT molecular complexity index is 782. The van der Waals surface area contributed by atoms with Gasteiger partial charge in [-0.05, 0) is 24.3 Å². The molecule has 0 bridgehead atoms. The monoisotopic (exact) mass is 264 g/mol. The minimum atomic E-state index is -1.56. The third-order valence-electron chi connectivity index (χ3n) is 2.70. The van der Waals surface area contributed by atoms with Crippen molar-refractivity contribution in [1.82, 2.24) is 14.5 Å². The molecule has 4 nitrogen and oxygen atoms in total. The van der Waals surface area contributed by atoms with E-state index in [9.17, 15) is 13.2 Å². The van der Waals surface area contributed by atoms with Crippen LogP contribution in [0.2, 0.25) is 0 Å². The Balaban J connectivity index is 2.37. The Morgan fingerprint density at radius 3 is 2.63 bits per heavy atom. The van der Waals surface area contributed by atoms with Gasteiger partial charge in [0.1, 0.15) is 5.52 Å². The average Bonchev–Trinajstić information content (AvgIpc) is 2.73. The quantitative estimate of drug-likeness (QED) is 0.687. The molecule has 0 spiro atoms. The van der Waals surface area contributed by atoms with Gasteiger partial charge in [-0.15, -0.1) is 0 Å². The lowest BCUT2D eigenvalue weighted by molar-refractivity contribution is 0.445. The van der Waals surface area contributed by atoms with E-state index in [0.717, 1.165) is 16.7 Å². The van der Waals surface area contributed by atoms with Gasteiger partial charge < -0.3 is 5.73 Å². The summed E-state index contributed by atoms with van der Waals surface area (Å²) in [7, 11) is 0. The van der Waals surface area contributed by atoms with E-state index in [0.29, 0.717) is 5.52 Å². The first-order chi connectivity index (χ1) is 9.09. The molecule has 0 fully saturated rings. The molecule has 2 N–H and O–H groups in total. The van der Waals surface area contributed by atoms with E-state index in [1.165, 1.54) is 6.20 Å². The molecule has 0 atom stereocenters. The molecule has 0 aliphatic rings. The number of hydrogen-bond acceptors (Lipinski definition) is 3. The van der Waals surface area contributed by atoms with Gasteiger partial charge in [-0.1, -0.05) is 0 Å². The van der Waals surface area contributed by atoms with Gasteiger partial charge in [0.15, 0.2) is 23.1 Å². The molecule has 0 aliphatic heterocycles. The maximum atomic E-state index is 13.8. The molecule has 1 aromatic carbocycles. The number of fused-ring (bicyclic) bond motifs is 1. The Morgan fingerprint density at radius 1 is 1.05 bits per heavy atom. The molecule has 0 saturated carbocycles. The fourth-order valence-corrected chi connectivity index (χ4v) is 1.86. The lowest BCUT2D eigenvalue weighted by Gasteiger charge is -2.07. The zero-order valence-corrected chi connectivity index (χ0v) is 9.44. The summed E-state index contributed by atoms with van der Waals surface area (Å²) < 4.78 is 41.1. The molecular weight excluding hydrogens is 257 g/mol. The number of rotatable bonds is 1. The smallest absolute Gasteiger partial charge is 0.207 e. The third kappa shape index (κ3) is 1.62. The molecule has 0 saturated heterocycles. The topological polar surface area (TPSA) is 56.7 Å². The van der Waals surface area contributed by atoms with Crippen molar-refractivity contribution >= 4 is 17.1 Å². The van der Waals surface area contributed by atoms with E-state index in [1.807, 2.05) is 0 Å². The van der Waals surface area contributed by atoms with E-state index >= 15 is 0 Å². The lowest BCUT2D eigenvalue weighted by atomic mass is 10.2. The minimum Gasteiger partial charge on any atom is -0.369 e. The largest absolute Gasteiger partial charge is 0.369 e. The summed E-state index contributed by atoms with van der Waals surface area (Å²) >= 11 is 0. The van der Waals surface area contributed by atoms with Crippen LogP contribution >= 0.6 is 0 Å². The molecule has 19 heavy (non-hydrogen) atoms. The predicted molar refractivity (Wildman–Crippen MR) is 63.2 cm³/mol. The first kappa shape index (κ1) is 11.5. The standard InChI is InChI=1S/C12H7F3N4/c13-6-3-4-8(10(15)9(6)14)19-11-7(18-12(19)16)2-1-5-17-11/h1-5H,(H2,16,18). The summed E-state index contributed by atoms with van der Waals surface area (Å²) in [5.41, 5.74) is 6.14. The van der Waals surface area contributed by atoms with Gasteiger partial charge >= 0.3 is 0 Å². The maximum Gasteiger partial charge on any atom is 0.207 e. The number of anilines is 1. The summed E-state index contributed by atoms with van der Waals surface area (Å²) in [6.45, 7) is 0. The molecule has 2 heterocycles. The van der Waals surface area contributed by atoms with Crippen LogP contribution in [-0.2, 0) is 0 Å². The van der Waals surface area contributed by atoms with Gasteiger partial charge in [0.05, 0.1) is 5.69 Å². The fraction of sp³-hybridized carbons (Fsp3) is 0. The average molecular weight is 264 g/mol. The molecule has 0 radical (unpaired) electrons. The van der Waals surface area contributed by atoms with Crippen LogP contribution in [-0.4, -0.2) is 14.5 Å². The summed E-state index contributed by atoms with van der Waals surface area (Å²) in [4.78, 5) is 7.99. The van der Waals surface area contributed by atoms with Crippen molar-refractivity contribution in [3.05, 3.63) is 47.9 Å². The first-order valence-electron chi connectivity index (χ1n) is 5.32. The second-order valence-corrected chi connectivity index (χ2v) is 3.85. The molecule has 2 aromatic heterocycles. The molecule has 0 unspecified atom stereocenters. The molecule has 0 aliphatic carbocycles.